The molecule has 3 rings (SSSR count). The molecule has 0 atom stereocenters. The standard InChI is InChI=1S/C21H20Cl2N4OS/c1-12-8-15(22)9-17(14(3)28)20(12)25-13(2)19-10-16(11-29-4)26-27(19)21-18(23)6-5-7-24-21/h5-10H,11H2,1-4H3. The van der Waals surface area contributed by atoms with Crippen molar-refractivity contribution in [1.29, 1.82) is 0 Å². The summed E-state index contributed by atoms with van der Waals surface area (Å²) < 4.78 is 1.70. The smallest absolute Gasteiger partial charge is 0.172 e. The van der Waals surface area contributed by atoms with E-state index in [4.69, 9.17) is 28.2 Å². The maximum atomic E-state index is 12.1. The Bertz CT molecular complexity index is 1110. The van der Waals surface area contributed by atoms with Crippen LogP contribution in [0.4, 0.5) is 5.69 Å². The van der Waals surface area contributed by atoms with Gasteiger partial charge in [-0.2, -0.15) is 16.9 Å². The monoisotopic (exact) mass is 446 g/mol. The van der Waals surface area contributed by atoms with Crippen LogP contribution in [-0.2, 0) is 5.75 Å². The zero-order valence-electron chi connectivity index (χ0n) is 16.5. The van der Waals surface area contributed by atoms with Crippen LogP contribution < -0.4 is 0 Å². The first-order valence-corrected chi connectivity index (χ1v) is 11.0. The van der Waals surface area contributed by atoms with Crippen molar-refractivity contribution < 1.29 is 4.79 Å². The molecule has 1 aromatic carbocycles. The van der Waals surface area contributed by atoms with Crippen LogP contribution in [0.25, 0.3) is 5.82 Å². The number of aromatic nitrogens is 3. The van der Waals surface area contributed by atoms with Crippen LogP contribution in [0, 0.1) is 6.92 Å². The van der Waals surface area contributed by atoms with Gasteiger partial charge in [0, 0.05) is 22.5 Å². The van der Waals surface area contributed by atoms with Crippen molar-refractivity contribution in [2.45, 2.75) is 26.5 Å². The van der Waals surface area contributed by atoms with Crippen molar-refractivity contribution in [1.82, 2.24) is 14.8 Å². The fourth-order valence-electron chi connectivity index (χ4n) is 2.98. The fourth-order valence-corrected chi connectivity index (χ4v) is 3.89. The molecule has 0 bridgehead atoms. The van der Waals surface area contributed by atoms with Gasteiger partial charge < -0.3 is 0 Å². The summed E-state index contributed by atoms with van der Waals surface area (Å²) in [5.41, 5.74) is 4.26. The highest BCUT2D eigenvalue weighted by Gasteiger charge is 2.17. The van der Waals surface area contributed by atoms with Crippen molar-refractivity contribution in [3.05, 3.63) is 69.1 Å². The number of aryl methyl sites for hydroxylation is 1. The predicted octanol–water partition coefficient (Wildman–Crippen LogP) is 6.09. The molecule has 150 valence electrons. The van der Waals surface area contributed by atoms with Gasteiger partial charge in [0.1, 0.15) is 0 Å². The average molecular weight is 447 g/mol. The number of thioether (sulfide) groups is 1. The molecule has 3 aromatic rings. The highest BCUT2D eigenvalue weighted by molar-refractivity contribution is 7.97. The summed E-state index contributed by atoms with van der Waals surface area (Å²) in [5, 5.41) is 5.67. The Balaban J connectivity index is 2.19. The lowest BCUT2D eigenvalue weighted by atomic mass is 10.0. The van der Waals surface area contributed by atoms with Crippen molar-refractivity contribution in [3.63, 3.8) is 0 Å². The predicted molar refractivity (Wildman–Crippen MR) is 122 cm³/mol. The van der Waals surface area contributed by atoms with Gasteiger partial charge in [-0.05, 0) is 62.9 Å². The molecule has 0 saturated carbocycles. The van der Waals surface area contributed by atoms with E-state index in [1.165, 1.54) is 6.92 Å². The molecule has 0 radical (unpaired) electrons. The van der Waals surface area contributed by atoms with Crippen LogP contribution in [0.3, 0.4) is 0 Å². The first kappa shape index (κ1) is 21.6. The maximum absolute atomic E-state index is 12.1. The number of ketones is 1. The number of carbonyl (C=O) groups is 1. The first-order valence-electron chi connectivity index (χ1n) is 8.87. The minimum atomic E-state index is -0.0912. The van der Waals surface area contributed by atoms with Crippen molar-refractivity contribution in [2.24, 2.45) is 4.99 Å². The molecule has 5 nitrogen and oxygen atoms in total. The SMILES string of the molecule is CSCc1cc(C(C)=Nc2c(C)cc(Cl)cc2C(C)=O)n(-c2ncccc2Cl)n1. The largest absolute Gasteiger partial charge is 0.294 e. The number of hydrogen-bond acceptors (Lipinski definition) is 5. The lowest BCUT2D eigenvalue weighted by Crippen LogP contribution is -2.09. The van der Waals surface area contributed by atoms with E-state index in [1.54, 1.807) is 46.9 Å². The summed E-state index contributed by atoms with van der Waals surface area (Å²) >= 11 is 14.2. The molecule has 0 aliphatic rings. The number of aliphatic imine (C=N–C) groups is 1. The Hall–Kier alpha value is -2.15. The van der Waals surface area contributed by atoms with Gasteiger partial charge in [0.25, 0.3) is 0 Å². The van der Waals surface area contributed by atoms with E-state index in [1.807, 2.05) is 26.2 Å². The minimum Gasteiger partial charge on any atom is -0.294 e. The molecule has 0 unspecified atom stereocenters. The Labute approximate surface area is 184 Å². The summed E-state index contributed by atoms with van der Waals surface area (Å²) in [7, 11) is 0. The van der Waals surface area contributed by atoms with E-state index >= 15 is 0 Å². The molecule has 0 spiro atoms. The van der Waals surface area contributed by atoms with E-state index in [0.29, 0.717) is 32.8 Å². The lowest BCUT2D eigenvalue weighted by Gasteiger charge is -2.11. The summed E-state index contributed by atoms with van der Waals surface area (Å²) in [5.74, 6) is 1.19. The highest BCUT2D eigenvalue weighted by Crippen LogP contribution is 2.30. The number of halogens is 2. The molecular formula is C21H20Cl2N4OS. The molecule has 0 amide bonds. The average Bonchev–Trinajstić information content (AvgIpc) is 3.08. The number of hydrogen-bond donors (Lipinski definition) is 0. The molecular weight excluding hydrogens is 427 g/mol. The van der Waals surface area contributed by atoms with Gasteiger partial charge in [-0.3, -0.25) is 9.79 Å². The van der Waals surface area contributed by atoms with Gasteiger partial charge in [0.2, 0.25) is 0 Å². The van der Waals surface area contributed by atoms with Crippen molar-refractivity contribution >= 4 is 52.1 Å². The van der Waals surface area contributed by atoms with E-state index in [9.17, 15) is 4.79 Å². The number of pyridine rings is 1. The third-order valence-corrected chi connectivity index (χ3v) is 5.38. The van der Waals surface area contributed by atoms with Crippen LogP contribution in [-0.4, -0.2) is 32.5 Å². The Kier molecular flexibility index (Phi) is 6.77. The number of nitrogens with zero attached hydrogens (tertiary/aromatic N) is 4. The second-order valence-electron chi connectivity index (χ2n) is 6.55. The zero-order chi connectivity index (χ0) is 21.1. The minimum absolute atomic E-state index is 0.0912. The van der Waals surface area contributed by atoms with Gasteiger partial charge >= 0.3 is 0 Å². The molecule has 0 N–H and O–H groups in total. The third kappa shape index (κ3) is 4.71. The van der Waals surface area contributed by atoms with Crippen LogP contribution >= 0.6 is 35.0 Å². The van der Waals surface area contributed by atoms with E-state index in [-0.39, 0.29) is 5.78 Å². The molecule has 0 saturated heterocycles. The molecule has 29 heavy (non-hydrogen) atoms. The van der Waals surface area contributed by atoms with Gasteiger partial charge in [-0.25, -0.2) is 9.67 Å². The topological polar surface area (TPSA) is 60.1 Å². The Morgan fingerprint density at radius 1 is 1.24 bits per heavy atom. The highest BCUT2D eigenvalue weighted by atomic mass is 35.5. The van der Waals surface area contributed by atoms with E-state index < -0.39 is 0 Å². The van der Waals surface area contributed by atoms with Gasteiger partial charge in [0.15, 0.2) is 11.6 Å². The maximum Gasteiger partial charge on any atom is 0.172 e. The molecule has 8 heteroatoms. The van der Waals surface area contributed by atoms with Crippen molar-refractivity contribution in [2.75, 3.05) is 6.26 Å². The van der Waals surface area contributed by atoms with Crippen LogP contribution in [0.15, 0.2) is 41.5 Å². The number of rotatable bonds is 6. The summed E-state index contributed by atoms with van der Waals surface area (Å²) in [6.45, 7) is 5.27. The quantitative estimate of drug-likeness (QED) is 0.339. The number of benzene rings is 1. The first-order chi connectivity index (χ1) is 13.8. The second kappa shape index (κ2) is 9.11. The molecule has 2 heterocycles. The van der Waals surface area contributed by atoms with Crippen LogP contribution in [0.5, 0.6) is 0 Å². The molecule has 2 aromatic heterocycles. The summed E-state index contributed by atoms with van der Waals surface area (Å²) in [4.78, 5) is 21.3. The normalized spacial score (nSPS) is 11.7. The number of Topliss-reactive ketones (excluding diaryl/α,β-unsaturated/α-hetero) is 1. The molecule has 0 aliphatic heterocycles. The van der Waals surface area contributed by atoms with Crippen LogP contribution in [0.1, 0.15) is 41.2 Å². The third-order valence-electron chi connectivity index (χ3n) is 4.29. The summed E-state index contributed by atoms with van der Waals surface area (Å²) in [6, 6.07) is 8.96. The van der Waals surface area contributed by atoms with Crippen molar-refractivity contribution in [3.8, 4) is 5.82 Å². The lowest BCUT2D eigenvalue weighted by molar-refractivity contribution is 0.101. The Morgan fingerprint density at radius 2 is 2.00 bits per heavy atom. The van der Waals surface area contributed by atoms with E-state index in [2.05, 4.69) is 10.1 Å². The number of carbonyl (C=O) groups excluding carboxylic acids is 1. The zero-order valence-corrected chi connectivity index (χ0v) is 18.9. The summed E-state index contributed by atoms with van der Waals surface area (Å²) in [6.07, 6.45) is 3.69. The van der Waals surface area contributed by atoms with Gasteiger partial charge in [-0.1, -0.05) is 23.2 Å². The molecule has 0 aliphatic carbocycles. The van der Waals surface area contributed by atoms with E-state index in [0.717, 1.165) is 22.7 Å². The van der Waals surface area contributed by atoms with Crippen LogP contribution in [0.2, 0.25) is 10.0 Å². The van der Waals surface area contributed by atoms with Gasteiger partial charge in [-0.15, -0.1) is 0 Å². The second-order valence-corrected chi connectivity index (χ2v) is 8.26. The van der Waals surface area contributed by atoms with Gasteiger partial charge in [0.05, 0.1) is 27.8 Å². The fraction of sp³-hybridized carbons (Fsp3) is 0.238. The Morgan fingerprint density at radius 3 is 2.66 bits per heavy atom. The molecule has 0 fully saturated rings.